The minimum atomic E-state index is -0.936. The molecule has 0 aliphatic rings. The van der Waals surface area contributed by atoms with Crippen molar-refractivity contribution in [2.75, 3.05) is 5.73 Å². The number of rotatable bonds is 3. The Labute approximate surface area is 112 Å². The fraction of sp³-hybridized carbons (Fsp3) is 0. The number of nitrogen functional groups attached to an aromatic ring is 1. The Morgan fingerprint density at radius 2 is 1.84 bits per heavy atom. The summed E-state index contributed by atoms with van der Waals surface area (Å²) < 4.78 is 25.9. The predicted molar refractivity (Wildman–Crippen MR) is 69.9 cm³/mol. The van der Waals surface area contributed by atoms with Crippen molar-refractivity contribution in [1.29, 1.82) is 0 Å². The lowest BCUT2D eigenvalue weighted by Gasteiger charge is -2.08. The lowest BCUT2D eigenvalue weighted by atomic mass is 10.2. The van der Waals surface area contributed by atoms with Crippen molar-refractivity contribution in [3.8, 4) is 0 Å². The van der Waals surface area contributed by atoms with Crippen LogP contribution in [-0.2, 0) is 0 Å². The Kier molecular flexibility index (Phi) is 3.71. The van der Waals surface area contributed by atoms with Gasteiger partial charge in [-0.25, -0.2) is 8.78 Å². The van der Waals surface area contributed by atoms with Crippen molar-refractivity contribution < 1.29 is 13.6 Å². The largest absolute Gasteiger partial charge is 0.397 e. The summed E-state index contributed by atoms with van der Waals surface area (Å²) in [5.41, 5.74) is 11.4. The van der Waals surface area contributed by atoms with Crippen LogP contribution in [0.15, 0.2) is 46.2 Å². The lowest BCUT2D eigenvalue weighted by Crippen LogP contribution is -2.13. The zero-order chi connectivity index (χ0) is 14.0. The van der Waals surface area contributed by atoms with Gasteiger partial charge in [0.2, 0.25) is 0 Å². The van der Waals surface area contributed by atoms with Crippen molar-refractivity contribution in [2.45, 2.75) is 9.79 Å². The van der Waals surface area contributed by atoms with E-state index in [0.29, 0.717) is 9.79 Å². The monoisotopic (exact) mass is 280 g/mol. The number of benzene rings is 2. The molecule has 19 heavy (non-hydrogen) atoms. The van der Waals surface area contributed by atoms with Crippen LogP contribution in [-0.4, -0.2) is 5.91 Å². The number of hydrogen-bond donors (Lipinski definition) is 2. The summed E-state index contributed by atoms with van der Waals surface area (Å²) in [4.78, 5) is 12.2. The van der Waals surface area contributed by atoms with Crippen LogP contribution in [0.3, 0.4) is 0 Å². The van der Waals surface area contributed by atoms with Gasteiger partial charge in [-0.1, -0.05) is 17.8 Å². The van der Waals surface area contributed by atoms with E-state index in [4.69, 9.17) is 11.5 Å². The van der Waals surface area contributed by atoms with E-state index in [1.807, 2.05) is 0 Å². The van der Waals surface area contributed by atoms with Gasteiger partial charge in [0.15, 0.2) is 11.6 Å². The van der Waals surface area contributed by atoms with Gasteiger partial charge in [-0.05, 0) is 30.3 Å². The molecule has 2 aromatic rings. The topological polar surface area (TPSA) is 69.1 Å². The minimum Gasteiger partial charge on any atom is -0.397 e. The molecular formula is C13H10F2N2OS. The second-order valence-electron chi connectivity index (χ2n) is 3.76. The molecule has 4 N–H and O–H groups in total. The average Bonchev–Trinajstić information content (AvgIpc) is 2.36. The van der Waals surface area contributed by atoms with Crippen molar-refractivity contribution in [1.82, 2.24) is 0 Å². The molecule has 0 spiro atoms. The highest BCUT2D eigenvalue weighted by Crippen LogP contribution is 2.34. The van der Waals surface area contributed by atoms with E-state index in [1.165, 1.54) is 12.1 Å². The maximum absolute atomic E-state index is 13.1. The highest BCUT2D eigenvalue weighted by molar-refractivity contribution is 7.99. The standard InChI is InChI=1S/C13H10F2N2OS/c14-9-5-4-7(6-10(9)15)19-11-3-1-2-8(12(11)16)13(17)18/h1-6H,16H2,(H2,17,18). The summed E-state index contributed by atoms with van der Waals surface area (Å²) in [5.74, 6) is -2.48. The van der Waals surface area contributed by atoms with Crippen LogP contribution in [0.2, 0.25) is 0 Å². The van der Waals surface area contributed by atoms with Gasteiger partial charge in [0.1, 0.15) is 0 Å². The van der Waals surface area contributed by atoms with Crippen molar-refractivity contribution in [2.24, 2.45) is 5.73 Å². The number of nitrogens with two attached hydrogens (primary N) is 2. The molecule has 98 valence electrons. The summed E-state index contributed by atoms with van der Waals surface area (Å²) in [5, 5.41) is 0. The molecule has 0 saturated carbocycles. The Bertz CT molecular complexity index is 647. The highest BCUT2D eigenvalue weighted by atomic mass is 32.2. The second-order valence-corrected chi connectivity index (χ2v) is 4.87. The van der Waals surface area contributed by atoms with E-state index in [9.17, 15) is 13.6 Å². The molecule has 0 atom stereocenters. The van der Waals surface area contributed by atoms with Crippen LogP contribution in [0.1, 0.15) is 10.4 Å². The summed E-state index contributed by atoms with van der Waals surface area (Å²) in [6.45, 7) is 0. The number of primary amides is 1. The molecule has 0 aliphatic heterocycles. The van der Waals surface area contributed by atoms with Crippen LogP contribution in [0, 0.1) is 11.6 Å². The van der Waals surface area contributed by atoms with E-state index in [-0.39, 0.29) is 11.3 Å². The van der Waals surface area contributed by atoms with Gasteiger partial charge < -0.3 is 11.5 Å². The molecule has 1 amide bonds. The first kappa shape index (κ1) is 13.4. The Morgan fingerprint density at radius 3 is 2.47 bits per heavy atom. The number of carbonyl (C=O) groups excluding carboxylic acids is 1. The molecule has 3 nitrogen and oxygen atoms in total. The van der Waals surface area contributed by atoms with Crippen LogP contribution >= 0.6 is 11.8 Å². The third kappa shape index (κ3) is 2.85. The molecular weight excluding hydrogens is 270 g/mol. The average molecular weight is 280 g/mol. The first-order valence-corrected chi connectivity index (χ1v) is 6.12. The lowest BCUT2D eigenvalue weighted by molar-refractivity contribution is 0.100. The fourth-order valence-electron chi connectivity index (χ4n) is 1.52. The maximum Gasteiger partial charge on any atom is 0.250 e. The molecule has 2 aromatic carbocycles. The maximum atomic E-state index is 13.1. The first-order valence-electron chi connectivity index (χ1n) is 5.30. The van der Waals surface area contributed by atoms with E-state index < -0.39 is 17.5 Å². The fourth-order valence-corrected chi connectivity index (χ4v) is 2.43. The van der Waals surface area contributed by atoms with E-state index in [2.05, 4.69) is 0 Å². The molecule has 0 fully saturated rings. The number of para-hydroxylation sites is 1. The van der Waals surface area contributed by atoms with Crippen LogP contribution in [0.25, 0.3) is 0 Å². The van der Waals surface area contributed by atoms with Gasteiger partial charge in [-0.2, -0.15) is 0 Å². The molecule has 0 bridgehead atoms. The molecule has 0 heterocycles. The number of hydrogen-bond acceptors (Lipinski definition) is 3. The summed E-state index contributed by atoms with van der Waals surface area (Å²) in [7, 11) is 0. The van der Waals surface area contributed by atoms with Crippen molar-refractivity contribution in [3.05, 3.63) is 53.6 Å². The third-order valence-corrected chi connectivity index (χ3v) is 3.52. The SMILES string of the molecule is NC(=O)c1cccc(Sc2ccc(F)c(F)c2)c1N. The minimum absolute atomic E-state index is 0.201. The zero-order valence-corrected chi connectivity index (χ0v) is 10.5. The van der Waals surface area contributed by atoms with Gasteiger partial charge in [-0.15, -0.1) is 0 Å². The molecule has 6 heteroatoms. The van der Waals surface area contributed by atoms with Crippen LogP contribution in [0.4, 0.5) is 14.5 Å². The van der Waals surface area contributed by atoms with Crippen molar-refractivity contribution >= 4 is 23.4 Å². The molecule has 0 unspecified atom stereocenters. The van der Waals surface area contributed by atoms with Gasteiger partial charge in [0, 0.05) is 9.79 Å². The van der Waals surface area contributed by atoms with Crippen molar-refractivity contribution in [3.63, 3.8) is 0 Å². The Balaban J connectivity index is 2.35. The number of halogens is 2. The molecule has 0 saturated heterocycles. The van der Waals surface area contributed by atoms with Gasteiger partial charge in [0.05, 0.1) is 11.3 Å². The van der Waals surface area contributed by atoms with Gasteiger partial charge >= 0.3 is 0 Å². The smallest absolute Gasteiger partial charge is 0.250 e. The van der Waals surface area contributed by atoms with E-state index in [1.54, 1.807) is 12.1 Å². The number of carbonyl (C=O) groups is 1. The predicted octanol–water partition coefficient (Wildman–Crippen LogP) is 2.80. The second kappa shape index (κ2) is 5.27. The van der Waals surface area contributed by atoms with Gasteiger partial charge in [0.25, 0.3) is 5.91 Å². The Morgan fingerprint density at radius 1 is 1.11 bits per heavy atom. The van der Waals surface area contributed by atoms with Crippen LogP contribution < -0.4 is 11.5 Å². The van der Waals surface area contributed by atoms with Gasteiger partial charge in [-0.3, -0.25) is 4.79 Å². The first-order chi connectivity index (χ1) is 8.99. The summed E-state index contributed by atoms with van der Waals surface area (Å²) in [6, 6.07) is 8.33. The molecule has 0 aromatic heterocycles. The summed E-state index contributed by atoms with van der Waals surface area (Å²) in [6.07, 6.45) is 0. The zero-order valence-electron chi connectivity index (χ0n) is 9.69. The number of amides is 1. The van der Waals surface area contributed by atoms with E-state index in [0.717, 1.165) is 23.9 Å². The molecule has 0 radical (unpaired) electrons. The molecule has 2 rings (SSSR count). The normalized spacial score (nSPS) is 10.4. The quantitative estimate of drug-likeness (QED) is 0.849. The third-order valence-electron chi connectivity index (χ3n) is 2.45. The van der Waals surface area contributed by atoms with Crippen LogP contribution in [0.5, 0.6) is 0 Å². The Hall–Kier alpha value is -2.08. The molecule has 0 aliphatic carbocycles. The number of anilines is 1. The van der Waals surface area contributed by atoms with E-state index >= 15 is 0 Å². The highest BCUT2D eigenvalue weighted by Gasteiger charge is 2.11. The summed E-state index contributed by atoms with van der Waals surface area (Å²) >= 11 is 1.13.